The van der Waals surface area contributed by atoms with E-state index in [0.717, 1.165) is 32.5 Å². The molecule has 0 spiro atoms. The van der Waals surface area contributed by atoms with Gasteiger partial charge in [-0.25, -0.2) is 14.6 Å². The Morgan fingerprint density at radius 2 is 1.89 bits per heavy atom. The van der Waals surface area contributed by atoms with Gasteiger partial charge in [0.05, 0.1) is 48.1 Å². The highest BCUT2D eigenvalue weighted by atomic mass is 32.1. The first-order valence-electron chi connectivity index (χ1n) is 13.7. The number of methoxy groups -OCH3 is 2. The molecule has 1 amide bonds. The second-order valence-electron chi connectivity index (χ2n) is 10.0. The van der Waals surface area contributed by atoms with E-state index in [1.54, 1.807) is 43.3 Å². The summed E-state index contributed by atoms with van der Waals surface area (Å²) >= 11 is 1.50. The summed E-state index contributed by atoms with van der Waals surface area (Å²) in [5.41, 5.74) is 3.70. The minimum Gasteiger partial charge on any atom is -0.497 e. The van der Waals surface area contributed by atoms with Crippen molar-refractivity contribution in [3.8, 4) is 28.3 Å². The number of alkyl halides is 3. The molecule has 4 heterocycles. The summed E-state index contributed by atoms with van der Waals surface area (Å²) in [6, 6.07) is 11.4. The molecule has 46 heavy (non-hydrogen) atoms. The number of aryl methyl sites for hydroxylation is 1. The van der Waals surface area contributed by atoms with Crippen LogP contribution >= 0.6 is 11.3 Å². The first-order valence-corrected chi connectivity index (χ1v) is 14.6. The van der Waals surface area contributed by atoms with Gasteiger partial charge < -0.3 is 20.1 Å². The van der Waals surface area contributed by atoms with Gasteiger partial charge in [-0.2, -0.15) is 23.4 Å². The average molecular weight is 647 g/mol. The van der Waals surface area contributed by atoms with Crippen LogP contribution in [0.1, 0.15) is 27.2 Å². The fraction of sp³-hybridized carbons (Fsp3) is 0.161. The van der Waals surface area contributed by atoms with Gasteiger partial charge in [-0.1, -0.05) is 6.07 Å². The lowest BCUT2D eigenvalue weighted by atomic mass is 10.1. The second-order valence-corrected chi connectivity index (χ2v) is 10.9. The van der Waals surface area contributed by atoms with Crippen LogP contribution in [0.4, 0.5) is 24.7 Å². The SMILES string of the molecule is COc1ccc(CNc2ncnc3c(-c4cnn(-c5cc(NC(=O)c6cc(C(F)(F)F)cnn6)ccc5C)c4)csc23)c(OC)c1. The highest BCUT2D eigenvalue weighted by Gasteiger charge is 2.32. The van der Waals surface area contributed by atoms with Gasteiger partial charge in [0.25, 0.3) is 5.91 Å². The minimum atomic E-state index is -4.65. The summed E-state index contributed by atoms with van der Waals surface area (Å²) in [7, 11) is 3.21. The van der Waals surface area contributed by atoms with Gasteiger partial charge >= 0.3 is 6.18 Å². The molecule has 15 heteroatoms. The van der Waals surface area contributed by atoms with E-state index >= 15 is 0 Å². The Morgan fingerprint density at radius 3 is 2.67 bits per heavy atom. The predicted molar refractivity (Wildman–Crippen MR) is 167 cm³/mol. The molecule has 6 rings (SSSR count). The highest BCUT2D eigenvalue weighted by Crippen LogP contribution is 2.36. The molecule has 4 aromatic heterocycles. The Balaban J connectivity index is 1.22. The summed E-state index contributed by atoms with van der Waals surface area (Å²) in [4.78, 5) is 21.7. The molecule has 11 nitrogen and oxygen atoms in total. The van der Waals surface area contributed by atoms with Crippen LogP contribution in [-0.4, -0.2) is 50.1 Å². The molecular weight excluding hydrogens is 621 g/mol. The first-order chi connectivity index (χ1) is 22.1. The highest BCUT2D eigenvalue weighted by molar-refractivity contribution is 7.18. The maximum Gasteiger partial charge on any atom is 0.418 e. The number of nitrogens with zero attached hydrogens (tertiary/aromatic N) is 6. The van der Waals surface area contributed by atoms with E-state index in [-0.39, 0.29) is 0 Å². The van der Waals surface area contributed by atoms with Gasteiger partial charge in [0.1, 0.15) is 23.6 Å². The monoisotopic (exact) mass is 646 g/mol. The van der Waals surface area contributed by atoms with E-state index in [1.165, 1.54) is 17.7 Å². The Morgan fingerprint density at radius 1 is 1.04 bits per heavy atom. The standard InChI is InChI=1S/C31H25F3N8O3S/c1-17-4-6-21(40-30(43)24-8-20(13-38-41-24)31(32,33)34)9-25(17)42-14-19(12-39-42)23-15-46-28-27(23)36-16-37-29(28)35-11-18-5-7-22(44-2)10-26(18)45-3/h4-10,12-16H,11H2,1-3H3,(H,40,43)(H,35,36,37). The molecule has 2 N–H and O–H groups in total. The number of nitrogens with one attached hydrogen (secondary N) is 2. The van der Waals surface area contributed by atoms with Gasteiger partial charge in [-0.05, 0) is 42.8 Å². The lowest BCUT2D eigenvalue weighted by Gasteiger charge is -2.12. The average Bonchev–Trinajstić information content (AvgIpc) is 3.72. The zero-order chi connectivity index (χ0) is 32.4. The minimum absolute atomic E-state index is 0.347. The van der Waals surface area contributed by atoms with Crippen molar-refractivity contribution in [2.75, 3.05) is 24.9 Å². The number of rotatable bonds is 9. The zero-order valence-corrected chi connectivity index (χ0v) is 25.4. The number of ether oxygens (including phenoxy) is 2. The van der Waals surface area contributed by atoms with Gasteiger partial charge in [0, 0.05) is 46.6 Å². The van der Waals surface area contributed by atoms with Gasteiger partial charge in [0.2, 0.25) is 0 Å². The molecular formula is C31H25F3N8O3S. The molecule has 0 atom stereocenters. The first kappa shape index (κ1) is 30.5. The van der Waals surface area contributed by atoms with E-state index in [4.69, 9.17) is 9.47 Å². The van der Waals surface area contributed by atoms with Crippen LogP contribution in [0.5, 0.6) is 11.5 Å². The fourth-order valence-electron chi connectivity index (χ4n) is 4.71. The zero-order valence-electron chi connectivity index (χ0n) is 24.6. The summed E-state index contributed by atoms with van der Waals surface area (Å²) in [6.45, 7) is 2.35. The van der Waals surface area contributed by atoms with Crippen molar-refractivity contribution in [1.29, 1.82) is 0 Å². The molecule has 0 fully saturated rings. The lowest BCUT2D eigenvalue weighted by molar-refractivity contribution is -0.137. The van der Waals surface area contributed by atoms with E-state index in [2.05, 4.69) is 35.9 Å². The molecule has 6 aromatic rings. The third-order valence-corrected chi connectivity index (χ3v) is 8.09. The molecule has 0 saturated carbocycles. The molecule has 0 saturated heterocycles. The molecule has 2 aromatic carbocycles. The molecule has 0 aliphatic rings. The van der Waals surface area contributed by atoms with E-state index in [9.17, 15) is 18.0 Å². The van der Waals surface area contributed by atoms with E-state index < -0.39 is 23.3 Å². The molecule has 0 aliphatic carbocycles. The maximum absolute atomic E-state index is 13.1. The fourth-order valence-corrected chi connectivity index (χ4v) is 5.71. The van der Waals surface area contributed by atoms with Crippen LogP contribution in [0.2, 0.25) is 0 Å². The van der Waals surface area contributed by atoms with Crippen molar-refractivity contribution in [1.82, 2.24) is 29.9 Å². The lowest BCUT2D eigenvalue weighted by Crippen LogP contribution is -2.17. The molecule has 0 radical (unpaired) electrons. The molecule has 0 bridgehead atoms. The van der Waals surface area contributed by atoms with Crippen molar-refractivity contribution in [2.45, 2.75) is 19.6 Å². The van der Waals surface area contributed by atoms with Crippen molar-refractivity contribution in [3.63, 3.8) is 0 Å². The topological polar surface area (TPSA) is 129 Å². The van der Waals surface area contributed by atoms with E-state index in [1.807, 2.05) is 36.7 Å². The van der Waals surface area contributed by atoms with Crippen molar-refractivity contribution in [3.05, 3.63) is 95.1 Å². The number of amides is 1. The van der Waals surface area contributed by atoms with Crippen molar-refractivity contribution >= 4 is 39.0 Å². The number of anilines is 2. The number of fused-ring (bicyclic) bond motifs is 1. The van der Waals surface area contributed by atoms with Crippen molar-refractivity contribution < 1.29 is 27.4 Å². The Kier molecular flexibility index (Phi) is 8.23. The summed E-state index contributed by atoms with van der Waals surface area (Å²) in [6.07, 6.45) is 0.966. The normalized spacial score (nSPS) is 11.4. The number of hydrogen-bond donors (Lipinski definition) is 2. The quantitative estimate of drug-likeness (QED) is 0.180. The van der Waals surface area contributed by atoms with Crippen molar-refractivity contribution in [2.24, 2.45) is 0 Å². The number of carbonyl (C=O) groups excluding carboxylic acids is 1. The number of aromatic nitrogens is 6. The Hall–Kier alpha value is -5.57. The number of carbonyl (C=O) groups is 1. The summed E-state index contributed by atoms with van der Waals surface area (Å²) in [5.74, 6) is 1.25. The molecule has 0 aliphatic heterocycles. The maximum atomic E-state index is 13.1. The van der Waals surface area contributed by atoms with Crippen LogP contribution in [-0.2, 0) is 12.7 Å². The Labute approximate surface area is 264 Å². The van der Waals surface area contributed by atoms with Crippen LogP contribution < -0.4 is 20.1 Å². The number of hydrogen-bond acceptors (Lipinski definition) is 10. The van der Waals surface area contributed by atoms with Gasteiger partial charge in [0.15, 0.2) is 5.69 Å². The largest absolute Gasteiger partial charge is 0.497 e. The number of thiophene rings is 1. The van der Waals surface area contributed by atoms with Crippen LogP contribution in [0.15, 0.2) is 72.8 Å². The molecule has 234 valence electrons. The summed E-state index contributed by atoms with van der Waals surface area (Å²) < 4.78 is 52.5. The number of benzene rings is 2. The van der Waals surface area contributed by atoms with Crippen LogP contribution in [0.25, 0.3) is 27.0 Å². The smallest absolute Gasteiger partial charge is 0.418 e. The Bertz CT molecular complexity index is 2060. The van der Waals surface area contributed by atoms with Gasteiger partial charge in [-0.15, -0.1) is 16.4 Å². The second kappa shape index (κ2) is 12.4. The van der Waals surface area contributed by atoms with Crippen LogP contribution in [0, 0.1) is 6.92 Å². The summed E-state index contributed by atoms with van der Waals surface area (Å²) in [5, 5.41) is 19.4. The third-order valence-electron chi connectivity index (χ3n) is 7.12. The van der Waals surface area contributed by atoms with Gasteiger partial charge in [-0.3, -0.25) is 4.79 Å². The predicted octanol–water partition coefficient (Wildman–Crippen LogP) is 6.54. The van der Waals surface area contributed by atoms with E-state index in [0.29, 0.717) is 47.5 Å². The number of halogens is 3. The third kappa shape index (κ3) is 6.17. The molecule has 0 unspecified atom stereocenters. The van der Waals surface area contributed by atoms with Crippen LogP contribution in [0.3, 0.4) is 0 Å².